The molecule has 0 aromatic heterocycles. The van der Waals surface area contributed by atoms with Gasteiger partial charge in [0.15, 0.2) is 0 Å². The van der Waals surface area contributed by atoms with E-state index in [1.165, 1.54) is 31.1 Å². The first-order valence-corrected chi connectivity index (χ1v) is 15.5. The summed E-state index contributed by atoms with van der Waals surface area (Å²) in [4.78, 5) is 11.8. The van der Waals surface area contributed by atoms with Gasteiger partial charge in [0, 0.05) is 11.6 Å². The quantitative estimate of drug-likeness (QED) is 0.280. The van der Waals surface area contributed by atoms with Crippen LogP contribution in [0.3, 0.4) is 0 Å². The molecule has 0 radical (unpaired) electrons. The molecule has 3 N–H and O–H groups in total. The Bertz CT molecular complexity index is 1250. The smallest absolute Gasteiger partial charge is 0.333 e. The van der Waals surface area contributed by atoms with Gasteiger partial charge < -0.3 is 15.6 Å². The van der Waals surface area contributed by atoms with Gasteiger partial charge in [-0.15, -0.1) is 0 Å². The van der Waals surface area contributed by atoms with Crippen molar-refractivity contribution in [2.24, 2.45) is 28.9 Å². The van der Waals surface area contributed by atoms with Crippen molar-refractivity contribution >= 4 is 5.97 Å². The number of aliphatic hydroxyl groups is 1. The van der Waals surface area contributed by atoms with Gasteiger partial charge in [-0.1, -0.05) is 42.6 Å². The third-order valence-corrected chi connectivity index (χ3v) is 10.5. The Hall–Kier alpha value is -2.61. The van der Waals surface area contributed by atoms with Crippen LogP contribution in [0.2, 0.25) is 0 Å². The predicted molar refractivity (Wildman–Crippen MR) is 162 cm³/mol. The van der Waals surface area contributed by atoms with Crippen molar-refractivity contribution in [1.29, 1.82) is 0 Å². The normalized spacial score (nSPS) is 33.7. The summed E-state index contributed by atoms with van der Waals surface area (Å²) in [5, 5.41) is 11.1. The number of carbonyl (C=O) groups excluding carboxylic acids is 1. The van der Waals surface area contributed by atoms with Crippen molar-refractivity contribution < 1.29 is 14.6 Å². The standard InChI is InChI=1S/C36H47NO3/c1-4-24(9-5-6-10-25-12-8-13-27(21-25)35(39)40-3)11-7-14-28-23-36(2)32(19-20-33(36)38)31-17-15-26-22-29(37)16-18-30(26)34(28)31/h4,6,10,12,21-22,28-29,31-33,38H,7-8,11,13-20,23,37H2,1-3H3/b10-6+,24-4-. The van der Waals surface area contributed by atoms with Crippen LogP contribution in [-0.4, -0.2) is 30.3 Å². The Morgan fingerprint density at radius 3 is 2.88 bits per heavy atom. The number of hydrogen-bond acceptors (Lipinski definition) is 4. The molecule has 5 aliphatic carbocycles. The van der Waals surface area contributed by atoms with Gasteiger partial charge in [-0.25, -0.2) is 4.79 Å². The monoisotopic (exact) mass is 541 g/mol. The molecule has 0 aromatic carbocycles. The summed E-state index contributed by atoms with van der Waals surface area (Å²) in [6, 6.07) is 0.210. The van der Waals surface area contributed by atoms with Crippen LogP contribution in [0.25, 0.3) is 0 Å². The third-order valence-electron chi connectivity index (χ3n) is 10.5. The fourth-order valence-corrected chi connectivity index (χ4v) is 8.45. The van der Waals surface area contributed by atoms with E-state index >= 15 is 0 Å². The zero-order chi connectivity index (χ0) is 28.3. The van der Waals surface area contributed by atoms with Crippen LogP contribution in [0.15, 0.2) is 69.9 Å². The molecule has 2 fully saturated rings. The highest BCUT2D eigenvalue weighted by Crippen LogP contribution is 2.62. The average molecular weight is 542 g/mol. The average Bonchev–Trinajstić information content (AvgIpc) is 3.27. The molecular weight excluding hydrogens is 494 g/mol. The first kappa shape index (κ1) is 28.9. The highest BCUT2D eigenvalue weighted by molar-refractivity contribution is 5.89. The Morgan fingerprint density at radius 1 is 1.23 bits per heavy atom. The van der Waals surface area contributed by atoms with Gasteiger partial charge in [0.1, 0.15) is 0 Å². The second-order valence-corrected chi connectivity index (χ2v) is 12.8. The first-order chi connectivity index (χ1) is 19.3. The largest absolute Gasteiger partial charge is 0.466 e. The topological polar surface area (TPSA) is 72.5 Å². The number of nitrogens with two attached hydrogens (primary N) is 1. The van der Waals surface area contributed by atoms with E-state index in [1.807, 2.05) is 18.2 Å². The summed E-state index contributed by atoms with van der Waals surface area (Å²) in [6.07, 6.45) is 24.9. The highest BCUT2D eigenvalue weighted by atomic mass is 16.5. The van der Waals surface area contributed by atoms with Crippen molar-refractivity contribution in [2.75, 3.05) is 7.11 Å². The summed E-state index contributed by atoms with van der Waals surface area (Å²) < 4.78 is 4.86. The molecular formula is C36H47NO3. The maximum Gasteiger partial charge on any atom is 0.333 e. The van der Waals surface area contributed by atoms with Crippen LogP contribution in [0.1, 0.15) is 90.9 Å². The summed E-state index contributed by atoms with van der Waals surface area (Å²) in [7, 11) is 1.43. The van der Waals surface area contributed by atoms with E-state index < -0.39 is 0 Å². The molecule has 4 heteroatoms. The zero-order valence-corrected chi connectivity index (χ0v) is 24.7. The van der Waals surface area contributed by atoms with E-state index in [-0.39, 0.29) is 23.5 Å². The number of allylic oxidation sites excluding steroid dienone is 10. The van der Waals surface area contributed by atoms with Gasteiger partial charge in [-0.2, -0.15) is 0 Å². The fourth-order valence-electron chi connectivity index (χ4n) is 8.45. The van der Waals surface area contributed by atoms with E-state index in [4.69, 9.17) is 10.5 Å². The van der Waals surface area contributed by atoms with Gasteiger partial charge in [-0.05, 0) is 148 Å². The Kier molecular flexibility index (Phi) is 9.03. The number of fused-ring (bicyclic) bond motifs is 4. The minimum absolute atomic E-state index is 0.0513. The minimum atomic E-state index is -0.248. The maximum absolute atomic E-state index is 11.8. The zero-order valence-electron chi connectivity index (χ0n) is 24.7. The molecule has 40 heavy (non-hydrogen) atoms. The molecule has 5 rings (SSSR count). The number of hydrogen-bond donors (Lipinski definition) is 2. The molecule has 0 aliphatic heterocycles. The number of esters is 1. The summed E-state index contributed by atoms with van der Waals surface area (Å²) in [5.74, 6) is 8.13. The fraction of sp³-hybridized carbons (Fsp3) is 0.583. The number of ether oxygens (including phenoxy) is 1. The molecule has 6 atom stereocenters. The lowest BCUT2D eigenvalue weighted by molar-refractivity contribution is -0.136. The van der Waals surface area contributed by atoms with Gasteiger partial charge in [-0.3, -0.25) is 0 Å². The predicted octanol–water partition coefficient (Wildman–Crippen LogP) is 7.03. The lowest BCUT2D eigenvalue weighted by Gasteiger charge is -2.52. The third kappa shape index (κ3) is 5.88. The number of aliphatic hydroxyl groups excluding tert-OH is 1. The molecule has 0 bridgehead atoms. The molecule has 5 aliphatic rings. The molecule has 2 saturated carbocycles. The molecule has 0 amide bonds. The van der Waals surface area contributed by atoms with Crippen molar-refractivity contribution in [3.8, 4) is 11.8 Å². The molecule has 0 aromatic rings. The molecule has 0 spiro atoms. The first-order valence-electron chi connectivity index (χ1n) is 15.5. The van der Waals surface area contributed by atoms with E-state index in [9.17, 15) is 9.90 Å². The maximum atomic E-state index is 11.8. The van der Waals surface area contributed by atoms with Crippen molar-refractivity contribution in [3.63, 3.8) is 0 Å². The van der Waals surface area contributed by atoms with E-state index in [0.29, 0.717) is 17.8 Å². The van der Waals surface area contributed by atoms with E-state index in [2.05, 4.69) is 43.9 Å². The van der Waals surface area contributed by atoms with Gasteiger partial charge in [0.25, 0.3) is 0 Å². The Morgan fingerprint density at radius 2 is 2.08 bits per heavy atom. The van der Waals surface area contributed by atoms with Gasteiger partial charge in [0.2, 0.25) is 0 Å². The SMILES string of the molecule is C/C=C(/C#C/C=C/C1=CCCC(C(=O)OC)=C1)CCCC1CC2(C)C(O)CCC2C2CCC3=CC(N)CCC3=C12. The van der Waals surface area contributed by atoms with Crippen molar-refractivity contribution in [2.45, 2.75) is 103 Å². The molecule has 214 valence electrons. The van der Waals surface area contributed by atoms with Crippen LogP contribution in [0.5, 0.6) is 0 Å². The van der Waals surface area contributed by atoms with Gasteiger partial charge >= 0.3 is 5.97 Å². The summed E-state index contributed by atoms with van der Waals surface area (Å²) in [5.41, 5.74) is 14.2. The molecule has 0 saturated heterocycles. The number of rotatable bonds is 6. The van der Waals surface area contributed by atoms with Crippen molar-refractivity contribution in [3.05, 3.63) is 69.9 Å². The van der Waals surface area contributed by atoms with Crippen molar-refractivity contribution in [1.82, 2.24) is 0 Å². The van der Waals surface area contributed by atoms with Crippen LogP contribution in [0.4, 0.5) is 0 Å². The second-order valence-electron chi connectivity index (χ2n) is 12.8. The summed E-state index contributed by atoms with van der Waals surface area (Å²) >= 11 is 0. The second kappa shape index (κ2) is 12.5. The molecule has 4 nitrogen and oxygen atoms in total. The number of carbonyl (C=O) groups is 1. The van der Waals surface area contributed by atoms with Crippen LogP contribution in [0, 0.1) is 35.0 Å². The van der Waals surface area contributed by atoms with E-state index in [1.54, 1.807) is 11.1 Å². The van der Waals surface area contributed by atoms with E-state index in [0.717, 1.165) is 75.4 Å². The minimum Gasteiger partial charge on any atom is -0.466 e. The molecule has 6 unspecified atom stereocenters. The van der Waals surface area contributed by atoms with Gasteiger partial charge in [0.05, 0.1) is 13.2 Å². The van der Waals surface area contributed by atoms with Crippen LogP contribution >= 0.6 is 0 Å². The van der Waals surface area contributed by atoms with Crippen LogP contribution < -0.4 is 5.73 Å². The summed E-state index contributed by atoms with van der Waals surface area (Å²) in [6.45, 7) is 4.46. The Labute approximate surface area is 241 Å². The highest BCUT2D eigenvalue weighted by Gasteiger charge is 2.55. The Balaban J connectivity index is 1.26. The number of methoxy groups -OCH3 is 1. The van der Waals surface area contributed by atoms with Crippen LogP contribution in [-0.2, 0) is 9.53 Å². The molecule has 0 heterocycles. The lowest BCUT2D eigenvalue weighted by atomic mass is 9.53. The lowest BCUT2D eigenvalue weighted by Crippen LogP contribution is -2.45.